The van der Waals surface area contributed by atoms with E-state index >= 15 is 0 Å². The van der Waals surface area contributed by atoms with Crippen molar-refractivity contribution in [3.05, 3.63) is 113 Å². The minimum Gasteiger partial charge on any atom is -0.351 e. The van der Waals surface area contributed by atoms with Crippen LogP contribution >= 0.6 is 0 Å². The summed E-state index contributed by atoms with van der Waals surface area (Å²) in [5.74, 6) is -0.186. The van der Waals surface area contributed by atoms with Crippen LogP contribution in [0.5, 0.6) is 0 Å². The molecule has 9 nitrogen and oxygen atoms in total. The van der Waals surface area contributed by atoms with Crippen molar-refractivity contribution in [2.75, 3.05) is 17.2 Å². The quantitative estimate of drug-likeness (QED) is 0.293. The third-order valence-electron chi connectivity index (χ3n) is 6.79. The van der Waals surface area contributed by atoms with Crippen molar-refractivity contribution in [1.82, 2.24) is 14.9 Å². The number of amides is 3. The number of nitrogens with zero attached hydrogens (tertiary/aromatic N) is 3. The van der Waals surface area contributed by atoms with Crippen LogP contribution in [0.1, 0.15) is 56.1 Å². The molecule has 194 valence electrons. The zero-order valence-corrected chi connectivity index (χ0v) is 21.3. The van der Waals surface area contributed by atoms with Crippen LogP contribution in [0.4, 0.5) is 16.2 Å². The smallest absolute Gasteiger partial charge is 0.323 e. The third kappa shape index (κ3) is 5.70. The van der Waals surface area contributed by atoms with Gasteiger partial charge < -0.3 is 20.5 Å². The first-order chi connectivity index (χ1) is 18.9. The molecule has 3 aromatic carbocycles. The van der Waals surface area contributed by atoms with Crippen LogP contribution < -0.4 is 10.6 Å². The molecule has 1 aliphatic heterocycles. The number of ketones is 1. The lowest BCUT2D eigenvalue weighted by Gasteiger charge is -2.37. The van der Waals surface area contributed by atoms with E-state index in [1.165, 1.54) is 6.92 Å². The van der Waals surface area contributed by atoms with E-state index in [2.05, 4.69) is 26.7 Å². The summed E-state index contributed by atoms with van der Waals surface area (Å²) in [7, 11) is 0. The summed E-state index contributed by atoms with van der Waals surface area (Å²) >= 11 is 0. The number of carbonyl (C=O) groups is 3. The number of carbonyl (C=O) groups excluding carboxylic acids is 3. The van der Waals surface area contributed by atoms with Crippen LogP contribution in [0, 0.1) is 11.3 Å². The Morgan fingerprint density at radius 2 is 1.77 bits per heavy atom. The molecule has 1 atom stereocenters. The van der Waals surface area contributed by atoms with Gasteiger partial charge in [-0.1, -0.05) is 18.2 Å². The molecule has 2 heterocycles. The maximum absolute atomic E-state index is 13.8. The Kier molecular flexibility index (Phi) is 7.19. The third-order valence-corrected chi connectivity index (χ3v) is 6.79. The van der Waals surface area contributed by atoms with Gasteiger partial charge in [0.05, 0.1) is 29.7 Å². The highest BCUT2D eigenvalue weighted by Crippen LogP contribution is 2.34. The number of fused-ring (bicyclic) bond motifs is 1. The summed E-state index contributed by atoms with van der Waals surface area (Å²) in [5, 5.41) is 14.7. The van der Waals surface area contributed by atoms with Gasteiger partial charge in [-0.25, -0.2) is 9.78 Å². The first-order valence-electron chi connectivity index (χ1n) is 12.5. The fraction of sp³-hybridized carbons (Fsp3) is 0.167. The van der Waals surface area contributed by atoms with E-state index < -0.39 is 6.03 Å². The van der Waals surface area contributed by atoms with E-state index in [0.717, 1.165) is 16.8 Å². The van der Waals surface area contributed by atoms with Crippen LogP contribution in [0.3, 0.4) is 0 Å². The van der Waals surface area contributed by atoms with Gasteiger partial charge in [0.2, 0.25) is 0 Å². The molecule has 9 heteroatoms. The van der Waals surface area contributed by atoms with Crippen molar-refractivity contribution < 1.29 is 14.4 Å². The van der Waals surface area contributed by atoms with E-state index in [9.17, 15) is 19.6 Å². The molecule has 3 amide bonds. The van der Waals surface area contributed by atoms with Gasteiger partial charge in [-0.15, -0.1) is 0 Å². The first kappa shape index (κ1) is 25.4. The Labute approximate surface area is 225 Å². The number of Topliss-reactive ketones (excluding diaryl/α,β-unsaturated/α-hetero) is 1. The molecule has 0 saturated carbocycles. The SMILES string of the molecule is CC(=O)c1ccc(NC(=O)Nc2ccc3c(c2)C(=O)N(CCc2c[nH]cn2)C(c2ccc(C#N)cc2)C3)cc1. The molecule has 0 spiro atoms. The number of aromatic nitrogens is 2. The van der Waals surface area contributed by atoms with E-state index in [-0.39, 0.29) is 17.7 Å². The second-order valence-corrected chi connectivity index (χ2v) is 9.35. The number of hydrogen-bond acceptors (Lipinski definition) is 5. The normalized spacial score (nSPS) is 14.3. The molecule has 1 aliphatic rings. The summed E-state index contributed by atoms with van der Waals surface area (Å²) in [6.45, 7) is 1.94. The van der Waals surface area contributed by atoms with Crippen molar-refractivity contribution in [2.45, 2.75) is 25.8 Å². The highest BCUT2D eigenvalue weighted by molar-refractivity contribution is 6.03. The minimum atomic E-state index is -0.459. The van der Waals surface area contributed by atoms with Gasteiger partial charge in [0.15, 0.2) is 5.78 Å². The first-order valence-corrected chi connectivity index (χ1v) is 12.5. The fourth-order valence-corrected chi connectivity index (χ4v) is 4.73. The van der Waals surface area contributed by atoms with Crippen LogP contribution in [-0.2, 0) is 12.8 Å². The number of anilines is 2. The number of nitrogens with one attached hydrogen (secondary N) is 3. The molecule has 1 unspecified atom stereocenters. The molecule has 0 radical (unpaired) electrons. The molecule has 0 aliphatic carbocycles. The number of hydrogen-bond donors (Lipinski definition) is 3. The van der Waals surface area contributed by atoms with E-state index in [1.807, 2.05) is 29.3 Å². The average molecular weight is 519 g/mol. The van der Waals surface area contributed by atoms with E-state index in [1.54, 1.807) is 54.9 Å². The zero-order chi connectivity index (χ0) is 27.4. The van der Waals surface area contributed by atoms with Crippen LogP contribution in [0.25, 0.3) is 0 Å². The van der Waals surface area contributed by atoms with Crippen molar-refractivity contribution in [2.24, 2.45) is 0 Å². The second-order valence-electron chi connectivity index (χ2n) is 9.35. The standard InChI is InChI=1S/C30H26N6O3/c1-19(37)21-6-9-24(10-7-21)34-30(39)35-25-11-8-23-14-28(22-4-2-20(16-31)3-5-22)36(29(38)27(23)15-25)13-12-26-17-32-18-33-26/h2-11,15,17-18,28H,12-14H2,1H3,(H,32,33)(H2,34,35,39). The molecule has 0 saturated heterocycles. The minimum absolute atomic E-state index is 0.0513. The summed E-state index contributed by atoms with van der Waals surface area (Å²) in [4.78, 5) is 46.9. The van der Waals surface area contributed by atoms with Crippen molar-refractivity contribution in [1.29, 1.82) is 5.26 Å². The maximum Gasteiger partial charge on any atom is 0.323 e. The van der Waals surface area contributed by atoms with Crippen molar-refractivity contribution in [3.63, 3.8) is 0 Å². The Morgan fingerprint density at radius 1 is 1.05 bits per heavy atom. The van der Waals surface area contributed by atoms with Crippen molar-refractivity contribution in [3.8, 4) is 6.07 Å². The summed E-state index contributed by atoms with van der Waals surface area (Å²) in [5.41, 5.74) is 5.38. The van der Waals surface area contributed by atoms with Gasteiger partial charge in [-0.05, 0) is 73.0 Å². The van der Waals surface area contributed by atoms with Crippen LogP contribution in [0.2, 0.25) is 0 Å². The zero-order valence-electron chi connectivity index (χ0n) is 21.3. The molecular weight excluding hydrogens is 492 g/mol. The Morgan fingerprint density at radius 3 is 2.44 bits per heavy atom. The molecular formula is C30H26N6O3. The number of benzene rings is 3. The lowest BCUT2D eigenvalue weighted by atomic mass is 9.88. The number of urea groups is 1. The molecule has 1 aromatic heterocycles. The highest BCUT2D eigenvalue weighted by atomic mass is 16.2. The predicted molar refractivity (Wildman–Crippen MR) is 146 cm³/mol. The van der Waals surface area contributed by atoms with E-state index in [4.69, 9.17) is 0 Å². The molecule has 3 N–H and O–H groups in total. The lowest BCUT2D eigenvalue weighted by Crippen LogP contribution is -2.41. The average Bonchev–Trinajstić information content (AvgIpc) is 3.47. The van der Waals surface area contributed by atoms with Gasteiger partial charge >= 0.3 is 6.03 Å². The Balaban J connectivity index is 1.36. The summed E-state index contributed by atoms with van der Waals surface area (Å²) in [6.07, 6.45) is 4.61. The number of imidazole rings is 1. The second kappa shape index (κ2) is 11.0. The maximum atomic E-state index is 13.8. The number of nitriles is 1. The fourth-order valence-electron chi connectivity index (χ4n) is 4.73. The monoisotopic (exact) mass is 518 g/mol. The van der Waals surface area contributed by atoms with Crippen LogP contribution in [-0.4, -0.2) is 39.1 Å². The van der Waals surface area contributed by atoms with Gasteiger partial charge in [0, 0.05) is 41.7 Å². The van der Waals surface area contributed by atoms with Gasteiger partial charge in [0.1, 0.15) is 0 Å². The molecule has 0 bridgehead atoms. The molecule has 0 fully saturated rings. The van der Waals surface area contributed by atoms with Gasteiger partial charge in [-0.2, -0.15) is 5.26 Å². The van der Waals surface area contributed by atoms with E-state index in [0.29, 0.717) is 47.5 Å². The van der Waals surface area contributed by atoms with Gasteiger partial charge in [0.25, 0.3) is 5.91 Å². The highest BCUT2D eigenvalue weighted by Gasteiger charge is 2.33. The lowest BCUT2D eigenvalue weighted by molar-refractivity contribution is 0.0649. The summed E-state index contributed by atoms with van der Waals surface area (Å²) in [6, 6.07) is 20.8. The van der Waals surface area contributed by atoms with Crippen molar-refractivity contribution >= 4 is 29.1 Å². The molecule has 39 heavy (non-hydrogen) atoms. The number of aromatic amines is 1. The number of H-pyrrole nitrogens is 1. The Hall–Kier alpha value is -5.23. The predicted octanol–water partition coefficient (Wildman–Crippen LogP) is 5.11. The largest absolute Gasteiger partial charge is 0.351 e. The molecule has 5 rings (SSSR count). The van der Waals surface area contributed by atoms with Crippen LogP contribution in [0.15, 0.2) is 79.3 Å². The molecule has 4 aromatic rings. The Bertz CT molecular complexity index is 1550. The number of rotatable bonds is 7. The summed E-state index contributed by atoms with van der Waals surface area (Å²) < 4.78 is 0. The van der Waals surface area contributed by atoms with Gasteiger partial charge in [-0.3, -0.25) is 9.59 Å². The topological polar surface area (TPSA) is 131 Å².